The highest BCUT2D eigenvalue weighted by atomic mass is 16.5. The molecule has 0 aliphatic carbocycles. The number of aromatic amines is 1. The fourth-order valence-electron chi connectivity index (χ4n) is 2.24. The quantitative estimate of drug-likeness (QED) is 0.438. The summed E-state index contributed by atoms with van der Waals surface area (Å²) >= 11 is 0. The summed E-state index contributed by atoms with van der Waals surface area (Å²) in [6, 6.07) is 7.51. The Morgan fingerprint density at radius 2 is 1.84 bits per heavy atom. The van der Waals surface area contributed by atoms with E-state index in [1.165, 1.54) is 7.11 Å². The maximum Gasteiger partial charge on any atom is 0.286 e. The minimum Gasteiger partial charge on any atom is -0.383 e. The lowest BCUT2D eigenvalue weighted by Crippen LogP contribution is -2.42. The summed E-state index contributed by atoms with van der Waals surface area (Å²) in [5.74, 6) is -1.14. The molecular weight excluding hydrogens is 324 g/mol. The van der Waals surface area contributed by atoms with E-state index >= 15 is 0 Å². The molecule has 25 heavy (non-hydrogen) atoms. The first kappa shape index (κ1) is 18.5. The first-order valence-corrected chi connectivity index (χ1v) is 7.94. The Morgan fingerprint density at radius 1 is 1.08 bits per heavy atom. The predicted molar refractivity (Wildman–Crippen MR) is 92.8 cm³/mol. The van der Waals surface area contributed by atoms with Crippen LogP contribution >= 0.6 is 0 Å². The molecule has 0 saturated carbocycles. The predicted octanol–water partition coefficient (Wildman–Crippen LogP) is 0.780. The highest BCUT2D eigenvalue weighted by Crippen LogP contribution is 2.16. The van der Waals surface area contributed by atoms with Crippen LogP contribution in [0.3, 0.4) is 0 Å². The number of aryl methyl sites for hydroxylation is 1. The van der Waals surface area contributed by atoms with Crippen LogP contribution in [0.4, 0.5) is 0 Å². The fourth-order valence-corrected chi connectivity index (χ4v) is 2.24. The number of methoxy groups -OCH3 is 1. The molecule has 0 radical (unpaired) electrons. The van der Waals surface area contributed by atoms with Crippen LogP contribution in [-0.4, -0.2) is 43.0 Å². The number of ether oxygens (including phenoxy) is 1. The second-order valence-corrected chi connectivity index (χ2v) is 5.62. The average Bonchev–Trinajstić information content (AvgIpc) is 3.01. The number of benzene rings is 1. The van der Waals surface area contributed by atoms with Crippen molar-refractivity contribution < 1.29 is 19.1 Å². The van der Waals surface area contributed by atoms with Crippen molar-refractivity contribution in [1.29, 1.82) is 0 Å². The highest BCUT2D eigenvalue weighted by Gasteiger charge is 2.11. The molecule has 1 heterocycles. The Morgan fingerprint density at radius 3 is 2.60 bits per heavy atom. The van der Waals surface area contributed by atoms with E-state index in [0.29, 0.717) is 18.8 Å². The summed E-state index contributed by atoms with van der Waals surface area (Å²) in [5.41, 5.74) is 6.91. The number of amides is 3. The minimum atomic E-state index is -0.452. The molecule has 0 unspecified atom stereocenters. The molecule has 0 bridgehead atoms. The monoisotopic (exact) mass is 346 g/mol. The summed E-state index contributed by atoms with van der Waals surface area (Å²) in [6.45, 7) is 2.78. The average molecular weight is 346 g/mol. The maximum absolute atomic E-state index is 12.1. The topological polar surface area (TPSA) is 112 Å². The first-order valence-electron chi connectivity index (χ1n) is 7.94. The normalized spacial score (nSPS) is 10.5. The van der Waals surface area contributed by atoms with Crippen molar-refractivity contribution in [3.63, 3.8) is 0 Å². The number of carbonyl (C=O) groups is 3. The van der Waals surface area contributed by atoms with Crippen molar-refractivity contribution in [3.05, 3.63) is 35.5 Å². The summed E-state index contributed by atoms with van der Waals surface area (Å²) in [7, 11) is 1.54. The van der Waals surface area contributed by atoms with Gasteiger partial charge in [-0.3, -0.25) is 25.2 Å². The lowest BCUT2D eigenvalue weighted by molar-refractivity contribution is -0.126. The number of hydrazine groups is 1. The second kappa shape index (κ2) is 8.84. The first-order chi connectivity index (χ1) is 12.0. The van der Waals surface area contributed by atoms with E-state index in [1.54, 1.807) is 6.07 Å². The van der Waals surface area contributed by atoms with Crippen LogP contribution < -0.4 is 16.2 Å². The molecule has 2 rings (SSSR count). The fraction of sp³-hybridized carbons (Fsp3) is 0.353. The van der Waals surface area contributed by atoms with Gasteiger partial charge >= 0.3 is 0 Å². The van der Waals surface area contributed by atoms with E-state index < -0.39 is 11.8 Å². The standard InChI is InChI=1S/C17H22N4O4/c1-11-3-4-13-12(9-11)10-14(19-13)17(24)21-20-16(23)6-5-15(22)18-7-8-25-2/h3-4,9-10,19H,5-8H2,1-2H3,(H,18,22)(H,20,23)(H,21,24). The van der Waals surface area contributed by atoms with E-state index in [4.69, 9.17) is 4.74 Å². The molecule has 3 amide bonds. The van der Waals surface area contributed by atoms with Gasteiger partial charge < -0.3 is 15.0 Å². The molecule has 8 nitrogen and oxygen atoms in total. The smallest absolute Gasteiger partial charge is 0.286 e. The number of hydrogen-bond donors (Lipinski definition) is 4. The van der Waals surface area contributed by atoms with Gasteiger partial charge in [-0.25, -0.2) is 0 Å². The van der Waals surface area contributed by atoms with Gasteiger partial charge in [-0.15, -0.1) is 0 Å². The Balaban J connectivity index is 1.76. The molecule has 4 N–H and O–H groups in total. The van der Waals surface area contributed by atoms with Crippen molar-refractivity contribution >= 4 is 28.6 Å². The number of nitrogens with one attached hydrogen (secondary N) is 4. The van der Waals surface area contributed by atoms with Crippen LogP contribution in [-0.2, 0) is 14.3 Å². The lowest BCUT2D eigenvalue weighted by Gasteiger charge is -2.07. The third kappa shape index (κ3) is 5.61. The van der Waals surface area contributed by atoms with Crippen LogP contribution in [0.25, 0.3) is 10.9 Å². The van der Waals surface area contributed by atoms with Crippen LogP contribution in [0.15, 0.2) is 24.3 Å². The van der Waals surface area contributed by atoms with Crippen molar-refractivity contribution in [2.75, 3.05) is 20.3 Å². The maximum atomic E-state index is 12.1. The molecule has 1 aromatic carbocycles. The summed E-state index contributed by atoms with van der Waals surface area (Å²) in [5, 5.41) is 3.53. The molecule has 0 atom stereocenters. The van der Waals surface area contributed by atoms with Crippen molar-refractivity contribution in [2.45, 2.75) is 19.8 Å². The Kier molecular flexibility index (Phi) is 6.53. The van der Waals surface area contributed by atoms with Crippen molar-refractivity contribution in [1.82, 2.24) is 21.2 Å². The molecule has 1 aromatic heterocycles. The summed E-state index contributed by atoms with van der Waals surface area (Å²) in [4.78, 5) is 38.2. The number of carbonyl (C=O) groups excluding carboxylic acids is 3. The molecule has 0 aliphatic rings. The zero-order valence-corrected chi connectivity index (χ0v) is 14.3. The van der Waals surface area contributed by atoms with Gasteiger partial charge in [0.05, 0.1) is 6.61 Å². The van der Waals surface area contributed by atoms with Gasteiger partial charge in [-0.05, 0) is 25.1 Å². The zero-order valence-electron chi connectivity index (χ0n) is 14.3. The SMILES string of the molecule is COCCNC(=O)CCC(=O)NNC(=O)c1cc2cc(C)ccc2[nH]1. The number of rotatable bonds is 7. The molecule has 0 saturated heterocycles. The molecule has 134 valence electrons. The van der Waals surface area contributed by atoms with Gasteiger partial charge in [-0.1, -0.05) is 11.6 Å². The van der Waals surface area contributed by atoms with E-state index in [0.717, 1.165) is 16.5 Å². The molecule has 8 heteroatoms. The van der Waals surface area contributed by atoms with Gasteiger partial charge in [0.15, 0.2) is 0 Å². The van der Waals surface area contributed by atoms with Crippen LogP contribution in [0.5, 0.6) is 0 Å². The highest BCUT2D eigenvalue weighted by molar-refractivity contribution is 5.99. The van der Waals surface area contributed by atoms with E-state index in [2.05, 4.69) is 21.2 Å². The minimum absolute atomic E-state index is 0.0228. The third-order valence-electron chi connectivity index (χ3n) is 3.54. The van der Waals surface area contributed by atoms with Gasteiger partial charge in [0, 0.05) is 37.4 Å². The van der Waals surface area contributed by atoms with Gasteiger partial charge in [0.2, 0.25) is 11.8 Å². The molecular formula is C17H22N4O4. The third-order valence-corrected chi connectivity index (χ3v) is 3.54. The van der Waals surface area contributed by atoms with Crippen molar-refractivity contribution in [2.24, 2.45) is 0 Å². The number of hydrogen-bond acceptors (Lipinski definition) is 4. The van der Waals surface area contributed by atoms with Crippen LogP contribution in [0.1, 0.15) is 28.9 Å². The van der Waals surface area contributed by atoms with Gasteiger partial charge in [0.1, 0.15) is 5.69 Å². The second-order valence-electron chi connectivity index (χ2n) is 5.62. The summed E-state index contributed by atoms with van der Waals surface area (Å²) in [6.07, 6.45) is 0.0159. The molecule has 0 aliphatic heterocycles. The summed E-state index contributed by atoms with van der Waals surface area (Å²) < 4.78 is 4.81. The van der Waals surface area contributed by atoms with Crippen LogP contribution in [0, 0.1) is 6.92 Å². The van der Waals surface area contributed by atoms with Crippen LogP contribution in [0.2, 0.25) is 0 Å². The molecule has 0 spiro atoms. The van der Waals surface area contributed by atoms with Gasteiger partial charge in [-0.2, -0.15) is 0 Å². The largest absolute Gasteiger partial charge is 0.383 e. The van der Waals surface area contributed by atoms with Gasteiger partial charge in [0.25, 0.3) is 5.91 Å². The number of aromatic nitrogens is 1. The lowest BCUT2D eigenvalue weighted by atomic mass is 10.2. The molecule has 0 fully saturated rings. The zero-order chi connectivity index (χ0) is 18.2. The van der Waals surface area contributed by atoms with E-state index in [9.17, 15) is 14.4 Å². The Labute approximate surface area is 145 Å². The van der Waals surface area contributed by atoms with E-state index in [-0.39, 0.29) is 18.7 Å². The Hall–Kier alpha value is -2.87. The molecule has 2 aromatic rings. The number of fused-ring (bicyclic) bond motifs is 1. The Bertz CT molecular complexity index is 769. The number of H-pyrrole nitrogens is 1. The van der Waals surface area contributed by atoms with E-state index in [1.807, 2.05) is 25.1 Å². The van der Waals surface area contributed by atoms with Crippen molar-refractivity contribution in [3.8, 4) is 0 Å².